The number of nitrogens with zero attached hydrogens (tertiary/aromatic N) is 1. The quantitative estimate of drug-likeness (QED) is 0.614. The van der Waals surface area contributed by atoms with Crippen molar-refractivity contribution < 1.29 is 9.59 Å². The third-order valence-electron chi connectivity index (χ3n) is 2.76. The Morgan fingerprint density at radius 2 is 1.64 bits per heavy atom. The molecule has 0 radical (unpaired) electrons. The monoisotopic (exact) mass is 160 g/mol. The Bertz CT molecular complexity index is 113. The van der Waals surface area contributed by atoms with Gasteiger partial charge < -0.3 is 9.59 Å². The van der Waals surface area contributed by atoms with E-state index in [-0.39, 0.29) is 5.54 Å². The van der Waals surface area contributed by atoms with Gasteiger partial charge in [0.15, 0.2) is 0 Å². The molecule has 0 spiro atoms. The van der Waals surface area contributed by atoms with Crippen LogP contribution in [0, 0.1) is 0 Å². The van der Waals surface area contributed by atoms with Crippen LogP contribution in [0.15, 0.2) is 0 Å². The van der Waals surface area contributed by atoms with E-state index >= 15 is 0 Å². The van der Waals surface area contributed by atoms with Gasteiger partial charge >= 0.3 is 0 Å². The third-order valence-corrected chi connectivity index (χ3v) is 2.76. The molecule has 0 aromatic heterocycles. The molecule has 0 saturated heterocycles. The van der Waals surface area contributed by atoms with Gasteiger partial charge in [-0.1, -0.05) is 0 Å². The first-order valence-corrected chi connectivity index (χ1v) is 4.24. The van der Waals surface area contributed by atoms with Crippen LogP contribution in [-0.4, -0.2) is 42.9 Å². The SMILES string of the molecule is CC(C)(CCCO)[N+](C)(C)C. The molecule has 0 aromatic rings. The average molecular weight is 160 g/mol. The molecule has 0 aliphatic heterocycles. The summed E-state index contributed by atoms with van der Waals surface area (Å²) in [5, 5.41) is 8.69. The zero-order chi connectivity index (χ0) is 9.12. The van der Waals surface area contributed by atoms with E-state index in [0.717, 1.165) is 17.3 Å². The molecule has 0 aliphatic rings. The fourth-order valence-corrected chi connectivity index (χ4v) is 0.847. The molecule has 0 fully saturated rings. The summed E-state index contributed by atoms with van der Waals surface area (Å²) in [6, 6.07) is 0. The Morgan fingerprint density at radius 3 is 1.91 bits per heavy atom. The van der Waals surface area contributed by atoms with Crippen molar-refractivity contribution in [2.45, 2.75) is 32.2 Å². The lowest BCUT2D eigenvalue weighted by molar-refractivity contribution is -0.920. The molecule has 1 N–H and O–H groups in total. The van der Waals surface area contributed by atoms with E-state index in [1.807, 2.05) is 0 Å². The summed E-state index contributed by atoms with van der Waals surface area (Å²) < 4.78 is 0.951. The standard InChI is InChI=1S/C9H22NO/c1-9(2,7-6-8-11)10(3,4)5/h11H,6-8H2,1-5H3/q+1. The summed E-state index contributed by atoms with van der Waals surface area (Å²) >= 11 is 0. The summed E-state index contributed by atoms with van der Waals surface area (Å²) in [6.45, 7) is 4.79. The number of hydrogen-bond acceptors (Lipinski definition) is 1. The number of aliphatic hydroxyl groups excluding tert-OH is 1. The molecular weight excluding hydrogens is 138 g/mol. The minimum atomic E-state index is 0.267. The number of rotatable bonds is 4. The first-order chi connectivity index (χ1) is 4.81. The van der Waals surface area contributed by atoms with Crippen molar-refractivity contribution in [1.29, 1.82) is 0 Å². The molecule has 68 valence electrons. The molecule has 0 amide bonds. The summed E-state index contributed by atoms with van der Waals surface area (Å²) in [5.74, 6) is 0. The maximum absolute atomic E-state index is 8.69. The van der Waals surface area contributed by atoms with Crippen LogP contribution in [0.3, 0.4) is 0 Å². The average Bonchev–Trinajstić information content (AvgIpc) is 1.81. The molecule has 0 bridgehead atoms. The van der Waals surface area contributed by atoms with E-state index in [4.69, 9.17) is 5.11 Å². The van der Waals surface area contributed by atoms with E-state index in [2.05, 4.69) is 35.0 Å². The summed E-state index contributed by atoms with van der Waals surface area (Å²) in [4.78, 5) is 0. The van der Waals surface area contributed by atoms with Gasteiger partial charge in [0.2, 0.25) is 0 Å². The van der Waals surface area contributed by atoms with Crippen molar-refractivity contribution in [3.05, 3.63) is 0 Å². The largest absolute Gasteiger partial charge is 0.396 e. The fraction of sp³-hybridized carbons (Fsp3) is 1.00. The van der Waals surface area contributed by atoms with Crippen LogP contribution >= 0.6 is 0 Å². The smallest absolute Gasteiger partial charge is 0.0930 e. The Hall–Kier alpha value is -0.0800. The molecule has 11 heavy (non-hydrogen) atoms. The molecular formula is C9H22NO+. The number of quaternary nitrogens is 1. The fourth-order valence-electron chi connectivity index (χ4n) is 0.847. The highest BCUT2D eigenvalue weighted by Crippen LogP contribution is 2.22. The molecule has 0 aromatic carbocycles. The molecule has 0 heterocycles. The van der Waals surface area contributed by atoms with Gasteiger partial charge in [0, 0.05) is 13.0 Å². The van der Waals surface area contributed by atoms with E-state index in [1.54, 1.807) is 0 Å². The molecule has 2 heteroatoms. The number of hydrogen-bond donors (Lipinski definition) is 1. The van der Waals surface area contributed by atoms with E-state index < -0.39 is 0 Å². The second-order valence-electron chi connectivity index (χ2n) is 4.65. The van der Waals surface area contributed by atoms with Crippen molar-refractivity contribution in [2.24, 2.45) is 0 Å². The normalized spacial score (nSPS) is 13.6. The van der Waals surface area contributed by atoms with Crippen LogP contribution in [-0.2, 0) is 0 Å². The second kappa shape index (κ2) is 3.55. The first kappa shape index (κ1) is 10.9. The third kappa shape index (κ3) is 3.21. The second-order valence-corrected chi connectivity index (χ2v) is 4.65. The van der Waals surface area contributed by atoms with Crippen molar-refractivity contribution in [3.8, 4) is 0 Å². The minimum Gasteiger partial charge on any atom is -0.396 e. The van der Waals surface area contributed by atoms with Crippen LogP contribution in [0.1, 0.15) is 26.7 Å². The van der Waals surface area contributed by atoms with Crippen LogP contribution in [0.2, 0.25) is 0 Å². The Labute approximate surface area is 70.4 Å². The lowest BCUT2D eigenvalue weighted by Gasteiger charge is -2.41. The summed E-state index contributed by atoms with van der Waals surface area (Å²) in [6.07, 6.45) is 1.98. The molecule has 0 unspecified atom stereocenters. The Balaban J connectivity index is 4.00. The van der Waals surface area contributed by atoms with E-state index in [1.165, 1.54) is 0 Å². The highest BCUT2D eigenvalue weighted by molar-refractivity contribution is 4.67. The van der Waals surface area contributed by atoms with Crippen LogP contribution in [0.5, 0.6) is 0 Å². The Morgan fingerprint density at radius 1 is 1.18 bits per heavy atom. The molecule has 0 saturated carbocycles. The van der Waals surface area contributed by atoms with Gasteiger partial charge in [-0.25, -0.2) is 0 Å². The molecule has 2 nitrogen and oxygen atoms in total. The topological polar surface area (TPSA) is 20.2 Å². The Kier molecular flexibility index (Phi) is 3.52. The van der Waals surface area contributed by atoms with Gasteiger partial charge in [0.05, 0.1) is 26.7 Å². The summed E-state index contributed by atoms with van der Waals surface area (Å²) in [7, 11) is 6.58. The van der Waals surface area contributed by atoms with E-state index in [0.29, 0.717) is 6.61 Å². The van der Waals surface area contributed by atoms with Crippen LogP contribution in [0.25, 0.3) is 0 Å². The lowest BCUT2D eigenvalue weighted by atomic mass is 9.95. The zero-order valence-corrected chi connectivity index (χ0v) is 8.52. The predicted octanol–water partition coefficient (Wildman–Crippen LogP) is 1.24. The molecule has 0 aliphatic carbocycles. The first-order valence-electron chi connectivity index (χ1n) is 4.24. The molecule has 0 rings (SSSR count). The van der Waals surface area contributed by atoms with Crippen molar-refractivity contribution >= 4 is 0 Å². The van der Waals surface area contributed by atoms with Gasteiger partial charge in [-0.05, 0) is 20.3 Å². The zero-order valence-electron chi connectivity index (χ0n) is 8.52. The van der Waals surface area contributed by atoms with Gasteiger partial charge in [0.25, 0.3) is 0 Å². The van der Waals surface area contributed by atoms with Crippen molar-refractivity contribution in [1.82, 2.24) is 0 Å². The van der Waals surface area contributed by atoms with Crippen molar-refractivity contribution in [2.75, 3.05) is 27.7 Å². The van der Waals surface area contributed by atoms with Crippen molar-refractivity contribution in [3.63, 3.8) is 0 Å². The van der Waals surface area contributed by atoms with Gasteiger partial charge in [0.1, 0.15) is 0 Å². The maximum atomic E-state index is 8.69. The molecule has 0 atom stereocenters. The summed E-state index contributed by atoms with van der Waals surface area (Å²) in [5.41, 5.74) is 0.267. The minimum absolute atomic E-state index is 0.267. The predicted molar refractivity (Wildman–Crippen MR) is 48.4 cm³/mol. The highest BCUT2D eigenvalue weighted by Gasteiger charge is 2.31. The van der Waals surface area contributed by atoms with Gasteiger partial charge in [-0.15, -0.1) is 0 Å². The number of aliphatic hydroxyl groups is 1. The van der Waals surface area contributed by atoms with Crippen LogP contribution in [0.4, 0.5) is 0 Å². The maximum Gasteiger partial charge on any atom is 0.0930 e. The van der Waals surface area contributed by atoms with Gasteiger partial charge in [-0.3, -0.25) is 0 Å². The van der Waals surface area contributed by atoms with E-state index in [9.17, 15) is 0 Å². The highest BCUT2D eigenvalue weighted by atomic mass is 16.2. The van der Waals surface area contributed by atoms with Crippen LogP contribution < -0.4 is 0 Å². The van der Waals surface area contributed by atoms with Gasteiger partial charge in [-0.2, -0.15) is 0 Å². The lowest BCUT2D eigenvalue weighted by Crippen LogP contribution is -2.52.